The first-order chi connectivity index (χ1) is 7.25. The minimum Gasteiger partial charge on any atom is -0.486 e. The zero-order valence-corrected chi connectivity index (χ0v) is 10.2. The van der Waals surface area contributed by atoms with Crippen LogP contribution in [0, 0.1) is 3.57 Å². The van der Waals surface area contributed by atoms with E-state index >= 15 is 0 Å². The second-order valence-electron chi connectivity index (χ2n) is 3.95. The Kier molecular flexibility index (Phi) is 2.24. The fourth-order valence-corrected chi connectivity index (χ4v) is 2.80. The topological polar surface area (TPSA) is 45.6 Å². The van der Waals surface area contributed by atoms with Crippen LogP contribution in [0.15, 0.2) is 12.3 Å². The van der Waals surface area contributed by atoms with Crippen LogP contribution in [-0.4, -0.2) is 35.4 Å². The lowest BCUT2D eigenvalue weighted by atomic mass is 10.2. The molecule has 0 saturated carbocycles. The average molecular weight is 318 g/mol. The van der Waals surface area contributed by atoms with Gasteiger partial charge in [0.1, 0.15) is 6.61 Å². The Morgan fingerprint density at radius 1 is 1.60 bits per heavy atom. The lowest BCUT2D eigenvalue weighted by Gasteiger charge is -2.32. The largest absolute Gasteiger partial charge is 0.486 e. The van der Waals surface area contributed by atoms with E-state index in [0.717, 1.165) is 21.6 Å². The van der Waals surface area contributed by atoms with Crippen LogP contribution < -0.4 is 9.64 Å². The van der Waals surface area contributed by atoms with Gasteiger partial charge in [-0.05, 0) is 35.1 Å². The van der Waals surface area contributed by atoms with Gasteiger partial charge in [0.2, 0.25) is 0 Å². The number of hydrogen-bond donors (Lipinski definition) is 1. The first-order valence-electron chi connectivity index (χ1n) is 4.97. The van der Waals surface area contributed by atoms with Crippen molar-refractivity contribution in [3.05, 3.63) is 15.8 Å². The molecule has 0 spiro atoms. The van der Waals surface area contributed by atoms with Gasteiger partial charge in [-0.2, -0.15) is 0 Å². The van der Waals surface area contributed by atoms with Crippen LogP contribution in [0.4, 0.5) is 5.82 Å². The smallest absolute Gasteiger partial charge is 0.175 e. The zero-order chi connectivity index (χ0) is 10.4. The van der Waals surface area contributed by atoms with E-state index in [-0.39, 0.29) is 12.1 Å². The van der Waals surface area contributed by atoms with Crippen LogP contribution in [-0.2, 0) is 0 Å². The third-order valence-electron chi connectivity index (χ3n) is 2.92. The maximum atomic E-state index is 9.63. The number of aliphatic hydroxyl groups is 1. The van der Waals surface area contributed by atoms with Crippen LogP contribution in [0.1, 0.15) is 6.42 Å². The number of nitrogens with zero attached hydrogens (tertiary/aromatic N) is 2. The lowest BCUT2D eigenvalue weighted by Crippen LogP contribution is -2.39. The third-order valence-corrected chi connectivity index (χ3v) is 3.77. The Balaban J connectivity index is 2.05. The first-order valence-corrected chi connectivity index (χ1v) is 6.05. The van der Waals surface area contributed by atoms with Gasteiger partial charge < -0.3 is 14.7 Å². The maximum Gasteiger partial charge on any atom is 0.175 e. The van der Waals surface area contributed by atoms with Crippen molar-refractivity contribution in [2.75, 3.05) is 18.1 Å². The highest BCUT2D eigenvalue weighted by Crippen LogP contribution is 2.38. The van der Waals surface area contributed by atoms with Crippen molar-refractivity contribution < 1.29 is 9.84 Å². The summed E-state index contributed by atoms with van der Waals surface area (Å²) in [6.07, 6.45) is 2.33. The molecule has 2 atom stereocenters. The van der Waals surface area contributed by atoms with Gasteiger partial charge >= 0.3 is 0 Å². The van der Waals surface area contributed by atoms with Crippen LogP contribution in [0.3, 0.4) is 0 Å². The summed E-state index contributed by atoms with van der Waals surface area (Å²) < 4.78 is 6.77. The minimum atomic E-state index is -0.246. The minimum absolute atomic E-state index is 0.246. The Morgan fingerprint density at radius 2 is 2.47 bits per heavy atom. The van der Waals surface area contributed by atoms with Gasteiger partial charge in [-0.1, -0.05) is 0 Å². The number of pyridine rings is 1. The van der Waals surface area contributed by atoms with Gasteiger partial charge in [-0.15, -0.1) is 0 Å². The molecule has 1 saturated heterocycles. The molecule has 0 aromatic carbocycles. The van der Waals surface area contributed by atoms with E-state index in [1.807, 2.05) is 6.07 Å². The maximum absolute atomic E-state index is 9.63. The van der Waals surface area contributed by atoms with Gasteiger partial charge in [0, 0.05) is 12.7 Å². The van der Waals surface area contributed by atoms with Crippen molar-refractivity contribution in [3.63, 3.8) is 0 Å². The molecular weight excluding hydrogens is 307 g/mol. The molecule has 2 aliphatic heterocycles. The monoisotopic (exact) mass is 318 g/mol. The summed E-state index contributed by atoms with van der Waals surface area (Å²) >= 11 is 2.25. The summed E-state index contributed by atoms with van der Waals surface area (Å²) in [5, 5.41) is 9.63. The summed E-state index contributed by atoms with van der Waals surface area (Å²) in [4.78, 5) is 6.50. The fourth-order valence-electron chi connectivity index (χ4n) is 2.24. The number of aromatic nitrogens is 1. The molecule has 2 aliphatic rings. The molecule has 0 amide bonds. The molecule has 0 radical (unpaired) electrons. The molecule has 0 bridgehead atoms. The average Bonchev–Trinajstić information content (AvgIpc) is 2.59. The standard InChI is InChI=1S/C10H11IN2O2/c11-8-1-2-12-10-9(8)15-5-6-3-7(14)4-13(6)10/h1-2,6-7,14H,3-5H2/t6-,7+/m0/s1. The van der Waals surface area contributed by atoms with Gasteiger partial charge in [0.25, 0.3) is 0 Å². The molecule has 1 N–H and O–H groups in total. The predicted octanol–water partition coefficient (Wildman–Crippen LogP) is 1.02. The first kappa shape index (κ1) is 9.65. The van der Waals surface area contributed by atoms with E-state index in [4.69, 9.17) is 4.74 Å². The number of anilines is 1. The predicted molar refractivity (Wildman–Crippen MR) is 64.2 cm³/mol. The van der Waals surface area contributed by atoms with Crippen LogP contribution in [0.25, 0.3) is 0 Å². The van der Waals surface area contributed by atoms with Gasteiger partial charge in [-0.25, -0.2) is 4.98 Å². The van der Waals surface area contributed by atoms with Crippen molar-refractivity contribution in [1.82, 2.24) is 4.98 Å². The van der Waals surface area contributed by atoms with E-state index in [1.165, 1.54) is 0 Å². The highest BCUT2D eigenvalue weighted by molar-refractivity contribution is 14.1. The van der Waals surface area contributed by atoms with Crippen LogP contribution in [0.2, 0.25) is 0 Å². The van der Waals surface area contributed by atoms with Crippen molar-refractivity contribution in [2.45, 2.75) is 18.6 Å². The summed E-state index contributed by atoms with van der Waals surface area (Å²) in [6, 6.07) is 2.23. The Hall–Kier alpha value is -0.560. The van der Waals surface area contributed by atoms with Gasteiger partial charge in [0.15, 0.2) is 11.6 Å². The van der Waals surface area contributed by atoms with E-state index in [0.29, 0.717) is 13.2 Å². The van der Waals surface area contributed by atoms with E-state index < -0.39 is 0 Å². The molecule has 1 aromatic rings. The summed E-state index contributed by atoms with van der Waals surface area (Å²) in [7, 11) is 0. The Labute approximate surface area is 101 Å². The number of fused-ring (bicyclic) bond motifs is 3. The van der Waals surface area contributed by atoms with E-state index in [9.17, 15) is 5.11 Å². The number of ether oxygens (including phenoxy) is 1. The zero-order valence-electron chi connectivity index (χ0n) is 8.06. The summed E-state index contributed by atoms with van der Waals surface area (Å²) in [5.74, 6) is 1.75. The van der Waals surface area contributed by atoms with Gasteiger partial charge in [0.05, 0.1) is 15.7 Å². The Bertz CT molecular complexity index is 399. The number of halogens is 1. The van der Waals surface area contributed by atoms with Gasteiger partial charge in [-0.3, -0.25) is 0 Å². The Morgan fingerprint density at radius 3 is 3.33 bits per heavy atom. The second kappa shape index (κ2) is 3.48. The number of hydrogen-bond acceptors (Lipinski definition) is 4. The summed E-state index contributed by atoms with van der Waals surface area (Å²) in [5.41, 5.74) is 0. The van der Waals surface area contributed by atoms with Crippen LogP contribution in [0.5, 0.6) is 5.75 Å². The molecule has 0 unspecified atom stereocenters. The summed E-state index contributed by atoms with van der Waals surface area (Å²) in [6.45, 7) is 1.33. The van der Waals surface area contributed by atoms with Crippen molar-refractivity contribution in [3.8, 4) is 5.75 Å². The second-order valence-corrected chi connectivity index (χ2v) is 5.11. The van der Waals surface area contributed by atoms with E-state index in [2.05, 4.69) is 32.5 Å². The third kappa shape index (κ3) is 1.48. The molecule has 3 rings (SSSR count). The van der Waals surface area contributed by atoms with Crippen LogP contribution >= 0.6 is 22.6 Å². The molecule has 15 heavy (non-hydrogen) atoms. The molecule has 5 heteroatoms. The van der Waals surface area contributed by atoms with Crippen molar-refractivity contribution >= 4 is 28.4 Å². The quantitative estimate of drug-likeness (QED) is 0.726. The highest BCUT2D eigenvalue weighted by atomic mass is 127. The van der Waals surface area contributed by atoms with Crippen molar-refractivity contribution in [2.24, 2.45) is 0 Å². The highest BCUT2D eigenvalue weighted by Gasteiger charge is 2.37. The molecule has 80 valence electrons. The molecule has 4 nitrogen and oxygen atoms in total. The fraction of sp³-hybridized carbons (Fsp3) is 0.500. The molecule has 0 aliphatic carbocycles. The molecule has 3 heterocycles. The molecular formula is C10H11IN2O2. The number of aliphatic hydroxyl groups excluding tert-OH is 1. The SMILES string of the molecule is O[C@@H]1C[C@H]2COc3c(I)ccnc3N2C1. The van der Waals surface area contributed by atoms with Crippen molar-refractivity contribution in [1.29, 1.82) is 0 Å². The van der Waals surface area contributed by atoms with E-state index in [1.54, 1.807) is 6.20 Å². The lowest BCUT2D eigenvalue weighted by molar-refractivity contribution is 0.187. The molecule has 1 fully saturated rings. The number of rotatable bonds is 0. The molecule has 1 aromatic heterocycles. The normalized spacial score (nSPS) is 28.3.